The van der Waals surface area contributed by atoms with E-state index in [1.54, 1.807) is 36.4 Å². The summed E-state index contributed by atoms with van der Waals surface area (Å²) in [5.41, 5.74) is 10.2. The maximum Gasteiger partial charge on any atom is 0.255 e. The molecule has 176 valence electrons. The highest BCUT2D eigenvalue weighted by Crippen LogP contribution is 2.25. The molecule has 3 aromatic carbocycles. The number of hydrogen-bond donors (Lipinski definition) is 2. The van der Waals surface area contributed by atoms with Crippen LogP contribution in [-0.4, -0.2) is 49.9 Å². The van der Waals surface area contributed by atoms with E-state index in [9.17, 15) is 9.59 Å². The molecule has 7 nitrogen and oxygen atoms in total. The number of primary amides is 1. The third kappa shape index (κ3) is 5.55. The van der Waals surface area contributed by atoms with Crippen LogP contribution in [0.2, 0.25) is 0 Å². The smallest absolute Gasteiger partial charge is 0.255 e. The average molecular weight is 459 g/mol. The van der Waals surface area contributed by atoms with Crippen LogP contribution in [0, 0.1) is 6.92 Å². The summed E-state index contributed by atoms with van der Waals surface area (Å²) in [6.45, 7) is 6.39. The number of piperazine rings is 1. The fourth-order valence-corrected chi connectivity index (χ4v) is 4.10. The van der Waals surface area contributed by atoms with Crippen molar-refractivity contribution >= 4 is 23.2 Å². The molecule has 0 saturated carbocycles. The predicted molar refractivity (Wildman–Crippen MR) is 135 cm³/mol. The second kappa shape index (κ2) is 10.4. The van der Waals surface area contributed by atoms with Crippen molar-refractivity contribution in [1.29, 1.82) is 0 Å². The van der Waals surface area contributed by atoms with Crippen molar-refractivity contribution in [1.82, 2.24) is 4.90 Å². The fourth-order valence-electron chi connectivity index (χ4n) is 4.10. The van der Waals surface area contributed by atoms with Gasteiger partial charge in [0, 0.05) is 43.1 Å². The average Bonchev–Trinajstić information content (AvgIpc) is 2.84. The molecule has 4 rings (SSSR count). The Morgan fingerprint density at radius 1 is 0.971 bits per heavy atom. The Bertz CT molecular complexity index is 1190. The number of likely N-dealkylation sites (N-methyl/N-ethyl adjacent to an activating group) is 1. The molecule has 0 unspecified atom stereocenters. The molecular formula is C27H30N4O3. The van der Waals surface area contributed by atoms with Gasteiger partial charge >= 0.3 is 0 Å². The van der Waals surface area contributed by atoms with E-state index < -0.39 is 5.91 Å². The lowest BCUT2D eigenvalue weighted by atomic mass is 10.1. The molecule has 34 heavy (non-hydrogen) atoms. The Kier molecular flexibility index (Phi) is 7.13. The lowest BCUT2D eigenvalue weighted by Crippen LogP contribution is -2.44. The number of carbonyl (C=O) groups is 2. The normalized spacial score (nSPS) is 14.0. The van der Waals surface area contributed by atoms with Crippen LogP contribution in [0.15, 0.2) is 66.7 Å². The number of nitrogens with two attached hydrogens (primary N) is 1. The lowest BCUT2D eigenvalue weighted by molar-refractivity contribution is 0.0994. The molecule has 0 bridgehead atoms. The van der Waals surface area contributed by atoms with Crippen LogP contribution in [0.5, 0.6) is 5.75 Å². The predicted octanol–water partition coefficient (Wildman–Crippen LogP) is 3.68. The van der Waals surface area contributed by atoms with E-state index in [1.165, 1.54) is 5.69 Å². The van der Waals surface area contributed by atoms with E-state index >= 15 is 0 Å². The van der Waals surface area contributed by atoms with Crippen LogP contribution in [0.1, 0.15) is 31.8 Å². The first-order valence-corrected chi connectivity index (χ1v) is 11.4. The molecule has 0 atom stereocenters. The molecule has 3 N–H and O–H groups in total. The molecule has 1 fully saturated rings. The van der Waals surface area contributed by atoms with Crippen molar-refractivity contribution in [3.8, 4) is 5.75 Å². The maximum absolute atomic E-state index is 12.9. The number of nitrogens with one attached hydrogen (secondary N) is 1. The summed E-state index contributed by atoms with van der Waals surface area (Å²) in [5.74, 6) is -0.315. The van der Waals surface area contributed by atoms with Crippen LogP contribution in [0.25, 0.3) is 0 Å². The first-order chi connectivity index (χ1) is 16.4. The maximum atomic E-state index is 12.9. The van der Waals surface area contributed by atoms with Gasteiger partial charge in [-0.25, -0.2) is 0 Å². The van der Waals surface area contributed by atoms with E-state index in [0.29, 0.717) is 16.9 Å². The van der Waals surface area contributed by atoms with Crippen LogP contribution >= 0.6 is 0 Å². The highest BCUT2D eigenvalue weighted by atomic mass is 16.5. The van der Waals surface area contributed by atoms with Gasteiger partial charge in [-0.05, 0) is 67.6 Å². The SMILES string of the molecule is Cc1cc(NC(=O)c2cccc(COc3ccccc3C(N)=O)c2)ccc1N1CCN(C)CC1. The molecule has 2 amide bonds. The summed E-state index contributed by atoms with van der Waals surface area (Å²) in [5, 5.41) is 2.99. The molecule has 7 heteroatoms. The van der Waals surface area contributed by atoms with Gasteiger partial charge in [0.1, 0.15) is 12.4 Å². The number of benzene rings is 3. The Hall–Kier alpha value is -3.84. The molecule has 1 heterocycles. The van der Waals surface area contributed by atoms with Crippen molar-refractivity contribution in [3.05, 3.63) is 89.0 Å². The lowest BCUT2D eigenvalue weighted by Gasteiger charge is -2.35. The Morgan fingerprint density at radius 3 is 2.47 bits per heavy atom. The Balaban J connectivity index is 1.41. The minimum Gasteiger partial charge on any atom is -0.488 e. The third-order valence-corrected chi connectivity index (χ3v) is 6.03. The molecule has 0 aliphatic carbocycles. The summed E-state index contributed by atoms with van der Waals surface area (Å²) in [6.07, 6.45) is 0. The van der Waals surface area contributed by atoms with Crippen molar-refractivity contribution in [3.63, 3.8) is 0 Å². The summed E-state index contributed by atoms with van der Waals surface area (Å²) in [4.78, 5) is 29.2. The molecule has 0 radical (unpaired) electrons. The summed E-state index contributed by atoms with van der Waals surface area (Å²) < 4.78 is 5.79. The van der Waals surface area contributed by atoms with Crippen LogP contribution in [0.3, 0.4) is 0 Å². The first-order valence-electron chi connectivity index (χ1n) is 11.4. The van der Waals surface area contributed by atoms with E-state index in [4.69, 9.17) is 10.5 Å². The number of amides is 2. The number of nitrogens with zero attached hydrogens (tertiary/aromatic N) is 2. The van der Waals surface area contributed by atoms with Gasteiger partial charge in [0.2, 0.25) is 0 Å². The van der Waals surface area contributed by atoms with Gasteiger partial charge in [0.05, 0.1) is 5.56 Å². The number of anilines is 2. The van der Waals surface area contributed by atoms with E-state index in [2.05, 4.69) is 35.2 Å². The second-order valence-electron chi connectivity index (χ2n) is 8.60. The minimum atomic E-state index is -0.544. The number of aryl methyl sites for hydroxylation is 1. The number of para-hydroxylation sites is 1. The van der Waals surface area contributed by atoms with Crippen molar-refractivity contribution < 1.29 is 14.3 Å². The second-order valence-corrected chi connectivity index (χ2v) is 8.60. The van der Waals surface area contributed by atoms with Gasteiger partial charge < -0.3 is 25.6 Å². The van der Waals surface area contributed by atoms with Crippen LogP contribution < -0.4 is 20.7 Å². The van der Waals surface area contributed by atoms with Gasteiger partial charge in [-0.3, -0.25) is 9.59 Å². The molecular weight excluding hydrogens is 428 g/mol. The highest BCUT2D eigenvalue weighted by Gasteiger charge is 2.16. The highest BCUT2D eigenvalue weighted by molar-refractivity contribution is 6.04. The standard InChI is InChI=1S/C27H30N4O3/c1-19-16-22(10-11-24(19)31-14-12-30(2)13-15-31)29-27(33)21-7-5-6-20(17-21)18-34-25-9-4-3-8-23(25)26(28)32/h3-11,16-17H,12-15,18H2,1-2H3,(H2,28,32)(H,29,33). The number of hydrogen-bond acceptors (Lipinski definition) is 5. The molecule has 1 aliphatic rings. The van der Waals surface area contributed by atoms with Crippen LogP contribution in [0.4, 0.5) is 11.4 Å². The molecule has 0 aromatic heterocycles. The summed E-state index contributed by atoms with van der Waals surface area (Å²) in [6, 6.07) is 20.1. The largest absolute Gasteiger partial charge is 0.488 e. The number of rotatable bonds is 7. The van der Waals surface area contributed by atoms with Crippen molar-refractivity contribution in [2.24, 2.45) is 5.73 Å². The fraction of sp³-hybridized carbons (Fsp3) is 0.259. The molecule has 1 saturated heterocycles. The Labute approximate surface area is 200 Å². The van der Waals surface area contributed by atoms with Crippen molar-refractivity contribution in [2.75, 3.05) is 43.4 Å². The molecule has 0 spiro atoms. The molecule has 1 aliphatic heterocycles. The zero-order chi connectivity index (χ0) is 24.1. The van der Waals surface area contributed by atoms with E-state index in [-0.39, 0.29) is 12.5 Å². The van der Waals surface area contributed by atoms with E-state index in [0.717, 1.165) is 43.0 Å². The first kappa shape index (κ1) is 23.3. The van der Waals surface area contributed by atoms with Gasteiger partial charge in [-0.15, -0.1) is 0 Å². The van der Waals surface area contributed by atoms with Gasteiger partial charge in [-0.1, -0.05) is 24.3 Å². The number of carbonyl (C=O) groups excluding carboxylic acids is 2. The Morgan fingerprint density at radius 2 is 1.74 bits per heavy atom. The quantitative estimate of drug-likeness (QED) is 0.564. The summed E-state index contributed by atoms with van der Waals surface area (Å²) in [7, 11) is 2.14. The molecule has 3 aromatic rings. The van der Waals surface area contributed by atoms with Gasteiger partial charge in [-0.2, -0.15) is 0 Å². The van der Waals surface area contributed by atoms with Gasteiger partial charge in [0.25, 0.3) is 11.8 Å². The summed E-state index contributed by atoms with van der Waals surface area (Å²) >= 11 is 0. The van der Waals surface area contributed by atoms with Crippen molar-refractivity contribution in [2.45, 2.75) is 13.5 Å². The third-order valence-electron chi connectivity index (χ3n) is 6.03. The monoisotopic (exact) mass is 458 g/mol. The zero-order valence-electron chi connectivity index (χ0n) is 19.6. The zero-order valence-corrected chi connectivity index (χ0v) is 19.6. The topological polar surface area (TPSA) is 87.9 Å². The minimum absolute atomic E-state index is 0.189. The van der Waals surface area contributed by atoms with E-state index in [1.807, 2.05) is 24.3 Å². The number of ether oxygens (including phenoxy) is 1. The van der Waals surface area contributed by atoms with Crippen LogP contribution in [-0.2, 0) is 6.61 Å². The van der Waals surface area contributed by atoms with Gasteiger partial charge in [0.15, 0.2) is 0 Å².